The van der Waals surface area contributed by atoms with Crippen LogP contribution in [0.2, 0.25) is 0 Å². The highest BCUT2D eigenvalue weighted by atomic mass is 15.2. The van der Waals surface area contributed by atoms with Gasteiger partial charge in [0.1, 0.15) is 12.7 Å². The van der Waals surface area contributed by atoms with Gasteiger partial charge < -0.3 is 4.98 Å². The standard InChI is InChI=1S/C24H18N4/c1-4-10-18(11-5-1)21-22(19-12-6-2-7-13-19)27-23(20-14-8-3-9-15-20)24(21)28-16-25-26-17-28/h1-17,27H. The molecule has 0 atom stereocenters. The molecule has 5 rings (SSSR count). The van der Waals surface area contributed by atoms with Crippen molar-refractivity contribution in [3.05, 3.63) is 104 Å². The zero-order chi connectivity index (χ0) is 18.8. The number of hydrogen-bond acceptors (Lipinski definition) is 2. The molecule has 0 spiro atoms. The van der Waals surface area contributed by atoms with Crippen molar-refractivity contribution in [2.24, 2.45) is 0 Å². The van der Waals surface area contributed by atoms with Crippen molar-refractivity contribution in [1.82, 2.24) is 19.7 Å². The second kappa shape index (κ2) is 7.00. The lowest BCUT2D eigenvalue weighted by Gasteiger charge is -2.10. The molecule has 0 saturated heterocycles. The van der Waals surface area contributed by atoms with Gasteiger partial charge in [0.25, 0.3) is 0 Å². The number of nitrogens with zero attached hydrogens (tertiary/aromatic N) is 3. The van der Waals surface area contributed by atoms with Gasteiger partial charge in [-0.05, 0) is 11.1 Å². The summed E-state index contributed by atoms with van der Waals surface area (Å²) in [5.41, 5.74) is 7.69. The molecule has 0 aliphatic heterocycles. The van der Waals surface area contributed by atoms with Crippen LogP contribution in [-0.4, -0.2) is 19.7 Å². The van der Waals surface area contributed by atoms with Gasteiger partial charge in [-0.15, -0.1) is 10.2 Å². The Morgan fingerprint density at radius 1 is 0.536 bits per heavy atom. The third kappa shape index (κ3) is 2.81. The second-order valence-corrected chi connectivity index (χ2v) is 6.57. The summed E-state index contributed by atoms with van der Waals surface area (Å²) >= 11 is 0. The van der Waals surface area contributed by atoms with Crippen molar-refractivity contribution < 1.29 is 0 Å². The van der Waals surface area contributed by atoms with Crippen LogP contribution in [0.25, 0.3) is 39.3 Å². The van der Waals surface area contributed by atoms with Crippen molar-refractivity contribution in [3.63, 3.8) is 0 Å². The summed E-state index contributed by atoms with van der Waals surface area (Å²) in [5.74, 6) is 0. The maximum Gasteiger partial charge on any atom is 0.124 e. The van der Waals surface area contributed by atoms with E-state index in [-0.39, 0.29) is 0 Å². The molecule has 0 radical (unpaired) electrons. The minimum atomic E-state index is 1.04. The molecular weight excluding hydrogens is 344 g/mol. The first-order valence-electron chi connectivity index (χ1n) is 9.19. The first kappa shape index (κ1) is 16.3. The zero-order valence-electron chi connectivity index (χ0n) is 15.2. The lowest BCUT2D eigenvalue weighted by atomic mass is 9.99. The Morgan fingerprint density at radius 2 is 1.00 bits per heavy atom. The number of nitrogens with one attached hydrogen (secondary N) is 1. The van der Waals surface area contributed by atoms with Gasteiger partial charge in [-0.2, -0.15) is 0 Å². The molecule has 2 aromatic heterocycles. The lowest BCUT2D eigenvalue weighted by molar-refractivity contribution is 1.06. The Balaban J connectivity index is 1.88. The summed E-state index contributed by atoms with van der Waals surface area (Å²) in [6.45, 7) is 0. The van der Waals surface area contributed by atoms with Crippen LogP contribution in [0.3, 0.4) is 0 Å². The number of aromatic amines is 1. The predicted octanol–water partition coefficient (Wildman–Crippen LogP) is 5.60. The SMILES string of the molecule is c1ccc(-c2[nH]c(-c3ccccc3)c(-n3cnnc3)c2-c2ccccc2)cc1. The smallest absolute Gasteiger partial charge is 0.124 e. The Bertz CT molecular complexity index is 1180. The largest absolute Gasteiger partial charge is 0.352 e. The second-order valence-electron chi connectivity index (χ2n) is 6.57. The van der Waals surface area contributed by atoms with Crippen molar-refractivity contribution in [2.75, 3.05) is 0 Å². The third-order valence-corrected chi connectivity index (χ3v) is 4.84. The van der Waals surface area contributed by atoms with E-state index in [4.69, 9.17) is 0 Å². The molecule has 0 aliphatic carbocycles. The fraction of sp³-hybridized carbons (Fsp3) is 0. The first-order chi connectivity index (χ1) is 13.9. The van der Waals surface area contributed by atoms with Gasteiger partial charge in [0.2, 0.25) is 0 Å². The van der Waals surface area contributed by atoms with Crippen LogP contribution in [0.1, 0.15) is 0 Å². The first-order valence-corrected chi connectivity index (χ1v) is 9.19. The molecule has 0 bridgehead atoms. The van der Waals surface area contributed by atoms with Crippen molar-refractivity contribution in [2.45, 2.75) is 0 Å². The topological polar surface area (TPSA) is 46.5 Å². The quantitative estimate of drug-likeness (QED) is 0.452. The predicted molar refractivity (Wildman–Crippen MR) is 112 cm³/mol. The van der Waals surface area contributed by atoms with Crippen molar-refractivity contribution in [1.29, 1.82) is 0 Å². The molecule has 0 unspecified atom stereocenters. The summed E-state index contributed by atoms with van der Waals surface area (Å²) in [4.78, 5) is 3.69. The van der Waals surface area contributed by atoms with E-state index in [2.05, 4.69) is 88.0 Å². The number of H-pyrrole nitrogens is 1. The molecule has 0 amide bonds. The van der Waals surface area contributed by atoms with E-state index >= 15 is 0 Å². The highest BCUT2D eigenvalue weighted by molar-refractivity contribution is 5.94. The summed E-state index contributed by atoms with van der Waals surface area (Å²) in [6.07, 6.45) is 3.49. The Morgan fingerprint density at radius 3 is 1.54 bits per heavy atom. The number of benzene rings is 3. The molecule has 4 heteroatoms. The zero-order valence-corrected chi connectivity index (χ0v) is 15.2. The normalized spacial score (nSPS) is 10.9. The summed E-state index contributed by atoms with van der Waals surface area (Å²) in [5, 5.41) is 8.10. The Labute approximate surface area is 163 Å². The van der Waals surface area contributed by atoms with Gasteiger partial charge in [-0.3, -0.25) is 4.57 Å². The van der Waals surface area contributed by atoms with E-state index in [9.17, 15) is 0 Å². The molecule has 0 saturated carbocycles. The van der Waals surface area contributed by atoms with Crippen LogP contribution in [-0.2, 0) is 0 Å². The van der Waals surface area contributed by atoms with Crippen LogP contribution in [0, 0.1) is 0 Å². The average Bonchev–Trinajstić information content (AvgIpc) is 3.43. The minimum Gasteiger partial charge on any atom is -0.352 e. The summed E-state index contributed by atoms with van der Waals surface area (Å²) < 4.78 is 1.98. The van der Waals surface area contributed by atoms with Crippen LogP contribution in [0.4, 0.5) is 0 Å². The van der Waals surface area contributed by atoms with Gasteiger partial charge in [-0.25, -0.2) is 0 Å². The van der Waals surface area contributed by atoms with Gasteiger partial charge in [0.05, 0.1) is 17.1 Å². The number of aromatic nitrogens is 4. The van der Waals surface area contributed by atoms with Crippen LogP contribution < -0.4 is 0 Å². The molecule has 3 aromatic carbocycles. The van der Waals surface area contributed by atoms with E-state index in [0.29, 0.717) is 0 Å². The van der Waals surface area contributed by atoms with E-state index in [1.54, 1.807) is 12.7 Å². The minimum absolute atomic E-state index is 1.04. The average molecular weight is 362 g/mol. The van der Waals surface area contributed by atoms with Gasteiger partial charge in [0, 0.05) is 11.1 Å². The third-order valence-electron chi connectivity index (χ3n) is 4.84. The Kier molecular flexibility index (Phi) is 4.07. The van der Waals surface area contributed by atoms with Crippen LogP contribution in [0.5, 0.6) is 0 Å². The summed E-state index contributed by atoms with van der Waals surface area (Å²) in [6, 6.07) is 31.2. The maximum atomic E-state index is 4.05. The molecule has 4 nitrogen and oxygen atoms in total. The van der Waals surface area contributed by atoms with Crippen molar-refractivity contribution in [3.8, 4) is 39.3 Å². The lowest BCUT2D eigenvalue weighted by Crippen LogP contribution is -1.94. The maximum absolute atomic E-state index is 4.05. The fourth-order valence-corrected chi connectivity index (χ4v) is 3.59. The van der Waals surface area contributed by atoms with E-state index in [1.807, 2.05) is 22.8 Å². The van der Waals surface area contributed by atoms with E-state index in [1.165, 1.54) is 0 Å². The van der Waals surface area contributed by atoms with Gasteiger partial charge >= 0.3 is 0 Å². The molecule has 2 heterocycles. The molecule has 134 valence electrons. The Hall–Kier alpha value is -3.92. The molecule has 0 fully saturated rings. The summed E-state index contributed by atoms with van der Waals surface area (Å²) in [7, 11) is 0. The molecular formula is C24H18N4. The van der Waals surface area contributed by atoms with E-state index < -0.39 is 0 Å². The molecule has 0 aliphatic rings. The van der Waals surface area contributed by atoms with Gasteiger partial charge in [-0.1, -0.05) is 91.0 Å². The number of rotatable bonds is 4. The molecule has 5 aromatic rings. The van der Waals surface area contributed by atoms with Crippen molar-refractivity contribution >= 4 is 0 Å². The molecule has 28 heavy (non-hydrogen) atoms. The highest BCUT2D eigenvalue weighted by Gasteiger charge is 2.22. The number of hydrogen-bond donors (Lipinski definition) is 1. The molecule has 1 N–H and O–H groups in total. The monoisotopic (exact) mass is 362 g/mol. The van der Waals surface area contributed by atoms with Crippen LogP contribution in [0.15, 0.2) is 104 Å². The van der Waals surface area contributed by atoms with Gasteiger partial charge in [0.15, 0.2) is 0 Å². The highest BCUT2D eigenvalue weighted by Crippen LogP contribution is 2.42. The van der Waals surface area contributed by atoms with Crippen LogP contribution >= 0.6 is 0 Å². The van der Waals surface area contributed by atoms with E-state index in [0.717, 1.165) is 39.3 Å². The fourth-order valence-electron chi connectivity index (χ4n) is 3.59.